The van der Waals surface area contributed by atoms with Crippen LogP contribution in [0.4, 0.5) is 0 Å². The molecular weight excluding hydrogens is 283 g/mol. The minimum atomic E-state index is -3.17. The Morgan fingerprint density at radius 2 is 1.57 bits per heavy atom. The summed E-state index contributed by atoms with van der Waals surface area (Å²) in [5, 5.41) is 0. The normalized spacial score (nSPS) is 13.1. The quantitative estimate of drug-likeness (QED) is 0.711. The van der Waals surface area contributed by atoms with Crippen molar-refractivity contribution in [3.8, 4) is 11.1 Å². The molecule has 2 aromatic rings. The SMILES string of the molecule is COP(=O)(OC)C(C)c1c(C)cccc1-c1ccccc1. The van der Waals surface area contributed by atoms with Crippen molar-refractivity contribution >= 4 is 7.60 Å². The number of aryl methyl sites for hydroxylation is 1. The van der Waals surface area contributed by atoms with Crippen LogP contribution in [-0.2, 0) is 13.6 Å². The van der Waals surface area contributed by atoms with Gasteiger partial charge in [-0.25, -0.2) is 0 Å². The first kappa shape index (κ1) is 16.0. The van der Waals surface area contributed by atoms with Crippen molar-refractivity contribution in [2.75, 3.05) is 14.2 Å². The second-order valence-electron chi connectivity index (χ2n) is 4.98. The Hall–Kier alpha value is -1.41. The summed E-state index contributed by atoms with van der Waals surface area (Å²) in [4.78, 5) is 0. The number of rotatable bonds is 5. The lowest BCUT2D eigenvalue weighted by atomic mass is 9.94. The molecule has 0 aromatic heterocycles. The molecular formula is C17H21O3P. The third-order valence-electron chi connectivity index (χ3n) is 3.81. The van der Waals surface area contributed by atoms with E-state index in [4.69, 9.17) is 9.05 Å². The maximum absolute atomic E-state index is 12.7. The van der Waals surface area contributed by atoms with Crippen molar-refractivity contribution in [1.29, 1.82) is 0 Å². The Morgan fingerprint density at radius 1 is 0.952 bits per heavy atom. The van der Waals surface area contributed by atoms with Crippen LogP contribution in [-0.4, -0.2) is 14.2 Å². The zero-order valence-electron chi connectivity index (χ0n) is 12.9. The minimum Gasteiger partial charge on any atom is -0.312 e. The number of hydrogen-bond acceptors (Lipinski definition) is 3. The molecule has 0 heterocycles. The lowest BCUT2D eigenvalue weighted by molar-refractivity contribution is 0.267. The van der Waals surface area contributed by atoms with E-state index in [9.17, 15) is 4.57 Å². The van der Waals surface area contributed by atoms with Crippen LogP contribution >= 0.6 is 7.60 Å². The molecule has 0 aliphatic carbocycles. The average Bonchev–Trinajstić information content (AvgIpc) is 2.54. The Bertz CT molecular complexity index is 644. The van der Waals surface area contributed by atoms with Gasteiger partial charge in [-0.3, -0.25) is 4.57 Å². The maximum atomic E-state index is 12.7. The summed E-state index contributed by atoms with van der Waals surface area (Å²) in [6.07, 6.45) is 0. The van der Waals surface area contributed by atoms with Crippen LogP contribution in [0.1, 0.15) is 23.7 Å². The van der Waals surface area contributed by atoms with Crippen LogP contribution in [0.25, 0.3) is 11.1 Å². The molecule has 0 fully saturated rings. The van der Waals surface area contributed by atoms with Gasteiger partial charge in [-0.05, 0) is 36.1 Å². The predicted octanol–water partition coefficient (Wildman–Crippen LogP) is 5.21. The summed E-state index contributed by atoms with van der Waals surface area (Å²) < 4.78 is 23.1. The van der Waals surface area contributed by atoms with Crippen molar-refractivity contribution in [3.05, 3.63) is 59.7 Å². The van der Waals surface area contributed by atoms with Crippen LogP contribution in [0, 0.1) is 6.92 Å². The molecule has 0 N–H and O–H groups in total. The lowest BCUT2D eigenvalue weighted by Crippen LogP contribution is -2.04. The van der Waals surface area contributed by atoms with Crippen LogP contribution in [0.3, 0.4) is 0 Å². The summed E-state index contributed by atoms with van der Waals surface area (Å²) in [5.74, 6) is 0. The Balaban J connectivity index is 2.61. The molecule has 0 saturated carbocycles. The number of hydrogen-bond donors (Lipinski definition) is 0. The van der Waals surface area contributed by atoms with Gasteiger partial charge in [0.15, 0.2) is 0 Å². The van der Waals surface area contributed by atoms with Crippen molar-refractivity contribution in [2.24, 2.45) is 0 Å². The standard InChI is InChI=1S/C17H21O3P/c1-13-9-8-12-16(15-10-6-5-7-11-15)17(13)14(2)21(18,19-3)20-4/h5-12,14H,1-4H3. The third kappa shape index (κ3) is 3.11. The first-order valence-corrected chi connectivity index (χ1v) is 8.50. The first-order valence-electron chi connectivity index (χ1n) is 6.89. The third-order valence-corrected chi connectivity index (χ3v) is 6.03. The summed E-state index contributed by atoms with van der Waals surface area (Å²) in [5.41, 5.74) is 3.93. The zero-order valence-corrected chi connectivity index (χ0v) is 13.8. The highest BCUT2D eigenvalue weighted by atomic mass is 31.2. The van der Waals surface area contributed by atoms with E-state index in [0.717, 1.165) is 22.3 Å². The Morgan fingerprint density at radius 3 is 2.14 bits per heavy atom. The van der Waals surface area contributed by atoms with Crippen LogP contribution in [0.15, 0.2) is 48.5 Å². The fourth-order valence-electron chi connectivity index (χ4n) is 2.65. The van der Waals surface area contributed by atoms with E-state index in [1.807, 2.05) is 50.2 Å². The van der Waals surface area contributed by atoms with Crippen LogP contribution < -0.4 is 0 Å². The highest BCUT2D eigenvalue weighted by Crippen LogP contribution is 2.61. The molecule has 112 valence electrons. The van der Waals surface area contributed by atoms with Gasteiger partial charge in [0.2, 0.25) is 0 Å². The van der Waals surface area contributed by atoms with Gasteiger partial charge in [0.1, 0.15) is 0 Å². The van der Waals surface area contributed by atoms with Gasteiger partial charge >= 0.3 is 7.60 Å². The monoisotopic (exact) mass is 304 g/mol. The molecule has 3 nitrogen and oxygen atoms in total. The Kier molecular flexibility index (Phi) is 5.00. The first-order chi connectivity index (χ1) is 10.0. The van der Waals surface area contributed by atoms with Gasteiger partial charge in [-0.1, -0.05) is 48.5 Å². The van der Waals surface area contributed by atoms with Crippen LogP contribution in [0.2, 0.25) is 0 Å². The largest absolute Gasteiger partial charge is 0.337 e. The summed E-state index contributed by atoms with van der Waals surface area (Å²) in [6.45, 7) is 3.91. The van der Waals surface area contributed by atoms with Gasteiger partial charge in [-0.2, -0.15) is 0 Å². The topological polar surface area (TPSA) is 35.5 Å². The van der Waals surface area contributed by atoms with E-state index in [0.29, 0.717) is 0 Å². The van der Waals surface area contributed by atoms with Crippen molar-refractivity contribution < 1.29 is 13.6 Å². The van der Waals surface area contributed by atoms with E-state index in [1.54, 1.807) is 0 Å². The summed E-state index contributed by atoms with van der Waals surface area (Å²) in [7, 11) is -0.305. The van der Waals surface area contributed by atoms with E-state index < -0.39 is 7.60 Å². The summed E-state index contributed by atoms with van der Waals surface area (Å²) >= 11 is 0. The molecule has 0 spiro atoms. The van der Waals surface area contributed by atoms with E-state index in [-0.39, 0.29) is 5.66 Å². The molecule has 1 unspecified atom stereocenters. The van der Waals surface area contributed by atoms with Gasteiger partial charge in [0.05, 0.1) is 5.66 Å². The second-order valence-corrected chi connectivity index (χ2v) is 7.57. The fourth-order valence-corrected chi connectivity index (χ4v) is 4.09. The average molecular weight is 304 g/mol. The molecule has 4 heteroatoms. The van der Waals surface area contributed by atoms with Crippen LogP contribution in [0.5, 0.6) is 0 Å². The summed E-state index contributed by atoms with van der Waals surface area (Å²) in [6, 6.07) is 16.2. The zero-order chi connectivity index (χ0) is 15.5. The molecule has 2 aromatic carbocycles. The van der Waals surface area contributed by atoms with Gasteiger partial charge in [0, 0.05) is 14.2 Å². The molecule has 0 amide bonds. The van der Waals surface area contributed by atoms with Crippen molar-refractivity contribution in [1.82, 2.24) is 0 Å². The molecule has 0 bridgehead atoms. The molecule has 0 saturated heterocycles. The van der Waals surface area contributed by atoms with Crippen molar-refractivity contribution in [2.45, 2.75) is 19.5 Å². The minimum absolute atomic E-state index is 0.330. The smallest absolute Gasteiger partial charge is 0.312 e. The van der Waals surface area contributed by atoms with Gasteiger partial charge in [0.25, 0.3) is 0 Å². The predicted molar refractivity (Wildman–Crippen MR) is 86.7 cm³/mol. The molecule has 0 aliphatic heterocycles. The van der Waals surface area contributed by atoms with E-state index in [2.05, 4.69) is 12.1 Å². The maximum Gasteiger partial charge on any atom is 0.337 e. The molecule has 0 aliphatic rings. The fraction of sp³-hybridized carbons (Fsp3) is 0.294. The lowest BCUT2D eigenvalue weighted by Gasteiger charge is -2.25. The molecule has 1 atom stereocenters. The van der Waals surface area contributed by atoms with E-state index in [1.165, 1.54) is 14.2 Å². The highest BCUT2D eigenvalue weighted by molar-refractivity contribution is 7.54. The molecule has 21 heavy (non-hydrogen) atoms. The highest BCUT2D eigenvalue weighted by Gasteiger charge is 2.33. The number of benzene rings is 2. The van der Waals surface area contributed by atoms with Gasteiger partial charge in [-0.15, -0.1) is 0 Å². The van der Waals surface area contributed by atoms with Gasteiger partial charge < -0.3 is 9.05 Å². The molecule has 2 rings (SSSR count). The second kappa shape index (κ2) is 6.57. The molecule has 0 radical (unpaired) electrons. The van der Waals surface area contributed by atoms with E-state index >= 15 is 0 Å². The Labute approximate surface area is 126 Å². The van der Waals surface area contributed by atoms with Crippen molar-refractivity contribution in [3.63, 3.8) is 0 Å².